The van der Waals surface area contributed by atoms with Crippen LogP contribution in [0.4, 0.5) is 4.79 Å². The molecule has 0 aliphatic carbocycles. The Bertz CT molecular complexity index is 483. The lowest BCUT2D eigenvalue weighted by molar-refractivity contribution is -0.140. The summed E-state index contributed by atoms with van der Waals surface area (Å²) in [6.45, 7) is 0.959. The zero-order valence-electron chi connectivity index (χ0n) is 11.5. The summed E-state index contributed by atoms with van der Waals surface area (Å²) in [4.78, 5) is 24.2. The summed E-state index contributed by atoms with van der Waals surface area (Å²) in [6, 6.07) is 8.40. The highest BCUT2D eigenvalue weighted by Gasteiger charge is 2.34. The van der Waals surface area contributed by atoms with Crippen molar-refractivity contribution in [2.45, 2.75) is 12.5 Å². The van der Waals surface area contributed by atoms with E-state index in [0.717, 1.165) is 5.75 Å². The number of benzene rings is 1. The van der Waals surface area contributed by atoms with Crippen LogP contribution in [0.3, 0.4) is 0 Å². The lowest BCUT2D eigenvalue weighted by atomic mass is 10.3. The molecule has 2 amide bonds. The first-order chi connectivity index (χ1) is 10.2. The average molecular weight is 310 g/mol. The number of carbonyl (C=O) groups excluding carboxylic acids is 1. The molecule has 6 nitrogen and oxygen atoms in total. The molecule has 1 saturated heterocycles. The van der Waals surface area contributed by atoms with Gasteiger partial charge in [0.05, 0.1) is 12.5 Å². The van der Waals surface area contributed by atoms with E-state index in [4.69, 9.17) is 9.84 Å². The van der Waals surface area contributed by atoms with E-state index in [2.05, 4.69) is 5.32 Å². The van der Waals surface area contributed by atoms with Crippen molar-refractivity contribution in [3.8, 4) is 5.75 Å². The van der Waals surface area contributed by atoms with E-state index < -0.39 is 12.0 Å². The molecule has 1 aromatic rings. The molecule has 1 fully saturated rings. The van der Waals surface area contributed by atoms with Crippen molar-refractivity contribution in [1.82, 2.24) is 10.2 Å². The van der Waals surface area contributed by atoms with E-state index in [1.807, 2.05) is 30.3 Å². The Kier molecular flexibility index (Phi) is 5.74. The molecule has 1 aliphatic rings. The molecular weight excluding hydrogens is 292 g/mol. The number of hydrogen-bond acceptors (Lipinski definition) is 4. The highest BCUT2D eigenvalue weighted by molar-refractivity contribution is 7.99. The molecule has 7 heteroatoms. The van der Waals surface area contributed by atoms with Crippen LogP contribution in [0.1, 0.15) is 6.42 Å². The zero-order valence-corrected chi connectivity index (χ0v) is 12.3. The quantitative estimate of drug-likeness (QED) is 0.781. The maximum atomic E-state index is 11.9. The average Bonchev–Trinajstić information content (AvgIpc) is 2.97. The van der Waals surface area contributed by atoms with Gasteiger partial charge in [0.15, 0.2) is 0 Å². The molecular formula is C14H18N2O4S. The normalized spacial score (nSPS) is 17.5. The van der Waals surface area contributed by atoms with Gasteiger partial charge in [-0.3, -0.25) is 0 Å². The van der Waals surface area contributed by atoms with Crippen molar-refractivity contribution < 1.29 is 19.4 Å². The van der Waals surface area contributed by atoms with Crippen molar-refractivity contribution in [1.29, 1.82) is 0 Å². The Labute approximate surface area is 127 Å². The Morgan fingerprint density at radius 3 is 2.86 bits per heavy atom. The zero-order chi connectivity index (χ0) is 15.1. The number of amides is 2. The second-order valence-corrected chi connectivity index (χ2v) is 5.57. The molecule has 1 unspecified atom stereocenters. The first-order valence-corrected chi connectivity index (χ1v) is 7.87. The summed E-state index contributed by atoms with van der Waals surface area (Å²) in [5.74, 6) is 0.705. The van der Waals surface area contributed by atoms with Crippen molar-refractivity contribution in [3.05, 3.63) is 30.3 Å². The maximum absolute atomic E-state index is 11.9. The molecule has 114 valence electrons. The highest BCUT2D eigenvalue weighted by Crippen LogP contribution is 2.20. The summed E-state index contributed by atoms with van der Waals surface area (Å²) in [6.07, 6.45) is 0.666. The number of carboxylic acids is 1. The van der Waals surface area contributed by atoms with E-state index in [0.29, 0.717) is 31.2 Å². The molecule has 1 atom stereocenters. The second-order valence-electron chi connectivity index (χ2n) is 4.57. The fraction of sp³-hybridized carbons (Fsp3) is 0.429. The minimum absolute atomic E-state index is 0.327. The number of aliphatic carboxylic acids is 1. The first kappa shape index (κ1) is 15.5. The third-order valence-electron chi connectivity index (χ3n) is 3.04. The Hall–Kier alpha value is -1.89. The van der Waals surface area contributed by atoms with Gasteiger partial charge in [0, 0.05) is 12.3 Å². The van der Waals surface area contributed by atoms with Crippen LogP contribution in [-0.2, 0) is 4.79 Å². The summed E-state index contributed by atoms with van der Waals surface area (Å²) >= 11 is 1.45. The number of urea groups is 1. The lowest BCUT2D eigenvalue weighted by Gasteiger charge is -2.20. The highest BCUT2D eigenvalue weighted by atomic mass is 32.2. The number of hydrogen-bond donors (Lipinski definition) is 2. The fourth-order valence-corrected chi connectivity index (χ4v) is 3.07. The third kappa shape index (κ3) is 4.56. The van der Waals surface area contributed by atoms with Gasteiger partial charge in [0.25, 0.3) is 0 Å². The third-order valence-corrected chi connectivity index (χ3v) is 4.05. The molecule has 2 rings (SSSR count). The lowest BCUT2D eigenvalue weighted by Crippen LogP contribution is -2.47. The fourth-order valence-electron chi connectivity index (χ4n) is 1.92. The summed E-state index contributed by atoms with van der Waals surface area (Å²) in [5, 5.41) is 11.7. The molecule has 0 radical (unpaired) electrons. The molecule has 0 saturated carbocycles. The Balaban J connectivity index is 1.64. The van der Waals surface area contributed by atoms with Gasteiger partial charge in [-0.05, 0) is 18.6 Å². The predicted molar refractivity (Wildman–Crippen MR) is 80.5 cm³/mol. The van der Waals surface area contributed by atoms with E-state index in [9.17, 15) is 9.59 Å². The topological polar surface area (TPSA) is 78.9 Å². The van der Waals surface area contributed by atoms with Gasteiger partial charge >= 0.3 is 12.0 Å². The van der Waals surface area contributed by atoms with Gasteiger partial charge in [-0.2, -0.15) is 0 Å². The van der Waals surface area contributed by atoms with Crippen molar-refractivity contribution in [2.75, 3.05) is 24.8 Å². The molecule has 2 N–H and O–H groups in total. The van der Waals surface area contributed by atoms with E-state index in [1.54, 1.807) is 0 Å². The Morgan fingerprint density at radius 1 is 1.38 bits per heavy atom. The Morgan fingerprint density at radius 2 is 2.14 bits per heavy atom. The summed E-state index contributed by atoms with van der Waals surface area (Å²) in [7, 11) is 0. The molecule has 1 aromatic carbocycles. The minimum Gasteiger partial charge on any atom is -0.494 e. The minimum atomic E-state index is -0.956. The van der Waals surface area contributed by atoms with Gasteiger partial charge in [-0.15, -0.1) is 11.8 Å². The molecule has 0 bridgehead atoms. The summed E-state index contributed by atoms with van der Waals surface area (Å²) < 4.78 is 5.51. The van der Waals surface area contributed by atoms with Crippen molar-refractivity contribution >= 4 is 23.8 Å². The summed E-state index contributed by atoms with van der Waals surface area (Å²) in [5.41, 5.74) is 0. The van der Waals surface area contributed by atoms with Crippen molar-refractivity contribution in [3.63, 3.8) is 0 Å². The van der Waals surface area contributed by atoms with E-state index in [-0.39, 0.29) is 6.03 Å². The number of carboxylic acid groups (broad SMARTS) is 1. The standard InChI is InChI=1S/C14H18N2O4S/c17-13(18)12-9-21-10-16(12)14(19)15-7-4-8-20-11-5-2-1-3-6-11/h1-3,5-6,12H,4,7-10H2,(H,15,19)(H,17,18). The largest absolute Gasteiger partial charge is 0.494 e. The van der Waals surface area contributed by atoms with Crippen LogP contribution in [0.5, 0.6) is 5.75 Å². The first-order valence-electron chi connectivity index (χ1n) is 6.71. The number of nitrogens with zero attached hydrogens (tertiary/aromatic N) is 1. The number of nitrogens with one attached hydrogen (secondary N) is 1. The van der Waals surface area contributed by atoms with Crippen LogP contribution < -0.4 is 10.1 Å². The molecule has 0 aromatic heterocycles. The van der Waals surface area contributed by atoms with Crippen LogP contribution in [0, 0.1) is 0 Å². The van der Waals surface area contributed by atoms with Gasteiger partial charge in [-0.1, -0.05) is 18.2 Å². The van der Waals surface area contributed by atoms with Crippen molar-refractivity contribution in [2.24, 2.45) is 0 Å². The predicted octanol–water partition coefficient (Wildman–Crippen LogP) is 1.62. The van der Waals surface area contributed by atoms with Crippen LogP contribution >= 0.6 is 11.8 Å². The number of ether oxygens (including phenoxy) is 1. The number of rotatable bonds is 6. The van der Waals surface area contributed by atoms with Crippen LogP contribution in [0.15, 0.2) is 30.3 Å². The number of thioether (sulfide) groups is 1. The van der Waals surface area contributed by atoms with Gasteiger partial charge in [0.1, 0.15) is 11.8 Å². The monoisotopic (exact) mass is 310 g/mol. The van der Waals surface area contributed by atoms with E-state index >= 15 is 0 Å². The van der Waals surface area contributed by atoms with E-state index in [1.165, 1.54) is 16.7 Å². The van der Waals surface area contributed by atoms with Gasteiger partial charge in [-0.25, -0.2) is 9.59 Å². The molecule has 1 heterocycles. The smallest absolute Gasteiger partial charge is 0.327 e. The SMILES string of the molecule is O=C(O)C1CSCN1C(=O)NCCCOc1ccccc1. The van der Waals surface area contributed by atoms with Crippen LogP contribution in [-0.4, -0.2) is 52.8 Å². The molecule has 1 aliphatic heterocycles. The maximum Gasteiger partial charge on any atom is 0.327 e. The van der Waals surface area contributed by atoms with Crippen LogP contribution in [0.2, 0.25) is 0 Å². The molecule has 21 heavy (non-hydrogen) atoms. The van der Waals surface area contributed by atoms with Gasteiger partial charge in [0.2, 0.25) is 0 Å². The number of para-hydroxylation sites is 1. The van der Waals surface area contributed by atoms with Crippen LogP contribution in [0.25, 0.3) is 0 Å². The second kappa shape index (κ2) is 7.78. The number of carbonyl (C=O) groups is 2. The van der Waals surface area contributed by atoms with Gasteiger partial charge < -0.3 is 20.1 Å². The molecule has 0 spiro atoms.